The summed E-state index contributed by atoms with van der Waals surface area (Å²) in [6, 6.07) is 8.29. The first-order valence-corrected chi connectivity index (χ1v) is 23.6. The molecule has 0 radical (unpaired) electrons. The molecular weight excluding hydrogens is 742 g/mol. The van der Waals surface area contributed by atoms with Crippen molar-refractivity contribution >= 4 is 23.5 Å². The summed E-state index contributed by atoms with van der Waals surface area (Å²) in [5, 5.41) is 14.4. The third kappa shape index (κ3) is 7.87. The van der Waals surface area contributed by atoms with E-state index in [0.29, 0.717) is 28.6 Å². The number of hydrogen-bond donors (Lipinski definition) is 2. The number of carbonyl (C=O) groups excluding carboxylic acids is 1. The number of halogens is 1. The standard InChI is InChI=1S/C50H78ClN3O4/c1-34(2)37-15-20-50(23-24-52-25-26-53-27-29-54(30-28-53)33-35-11-10-12-36(51)31-35)22-21-48(8)38(43(37)50)13-14-40-47(7)18-17-41(58-42(55)32-45(3,4)44(56)57)46(5,6)39(47)16-19-49(40,48)9/h10-12,31,37-41,43,52H,1,13-30,32-33H2,2-9H3,(H,56,57)/t37-,38+,39-,40+,41-,43+,47-,48+,49+,50+/m0/s1. The number of rotatable bonds is 13. The molecule has 0 bridgehead atoms. The van der Waals surface area contributed by atoms with Gasteiger partial charge in [-0.1, -0.05) is 70.5 Å². The van der Waals surface area contributed by atoms with Gasteiger partial charge in [0.25, 0.3) is 0 Å². The van der Waals surface area contributed by atoms with Crippen molar-refractivity contribution in [3.8, 4) is 0 Å². The zero-order valence-corrected chi connectivity index (χ0v) is 38.3. The maximum Gasteiger partial charge on any atom is 0.309 e. The number of aliphatic carboxylic acids is 1. The van der Waals surface area contributed by atoms with Crippen LogP contribution in [0.4, 0.5) is 0 Å². The molecular formula is C50H78ClN3O4. The van der Waals surface area contributed by atoms with Crippen LogP contribution >= 0.6 is 11.6 Å². The summed E-state index contributed by atoms with van der Waals surface area (Å²) in [7, 11) is 0. The van der Waals surface area contributed by atoms with Gasteiger partial charge in [-0.3, -0.25) is 19.4 Å². The van der Waals surface area contributed by atoms with E-state index in [4.69, 9.17) is 16.3 Å². The van der Waals surface area contributed by atoms with E-state index in [0.717, 1.165) is 82.1 Å². The highest BCUT2D eigenvalue weighted by molar-refractivity contribution is 6.30. The Bertz CT molecular complexity index is 1690. The van der Waals surface area contributed by atoms with Crippen molar-refractivity contribution in [2.24, 2.45) is 62.1 Å². The summed E-state index contributed by atoms with van der Waals surface area (Å²) in [5.41, 5.74) is 2.62. The Kier molecular flexibility index (Phi) is 12.5. The van der Waals surface area contributed by atoms with Gasteiger partial charge in [-0.15, -0.1) is 0 Å². The third-order valence-electron chi connectivity index (χ3n) is 18.8. The first-order chi connectivity index (χ1) is 27.3. The molecule has 6 fully saturated rings. The molecule has 6 aliphatic rings. The van der Waals surface area contributed by atoms with Gasteiger partial charge in [-0.2, -0.15) is 0 Å². The van der Waals surface area contributed by atoms with E-state index in [1.807, 2.05) is 6.07 Å². The van der Waals surface area contributed by atoms with E-state index in [1.165, 1.54) is 68.9 Å². The van der Waals surface area contributed by atoms with Gasteiger partial charge < -0.3 is 15.2 Å². The number of hydrogen-bond acceptors (Lipinski definition) is 6. The number of allylic oxidation sites excluding steroid dienone is 1. The number of ether oxygens (including phenoxy) is 1. The molecule has 2 N–H and O–H groups in total. The molecule has 0 unspecified atom stereocenters. The highest BCUT2D eigenvalue weighted by Crippen LogP contribution is 2.78. The molecule has 1 aromatic carbocycles. The normalized spacial score (nSPS) is 38.8. The smallest absolute Gasteiger partial charge is 0.309 e. The molecule has 5 aliphatic carbocycles. The summed E-state index contributed by atoms with van der Waals surface area (Å²) in [6.07, 6.45) is 13.4. The van der Waals surface area contributed by atoms with Crippen LogP contribution in [-0.2, 0) is 20.9 Å². The molecule has 58 heavy (non-hydrogen) atoms. The van der Waals surface area contributed by atoms with Crippen molar-refractivity contribution in [3.05, 3.63) is 47.0 Å². The number of carboxylic acids is 1. The van der Waals surface area contributed by atoms with E-state index in [-0.39, 0.29) is 34.7 Å². The molecule has 10 atom stereocenters. The number of carboxylic acid groups (broad SMARTS) is 1. The molecule has 0 aromatic heterocycles. The van der Waals surface area contributed by atoms with Crippen LogP contribution in [0.15, 0.2) is 36.4 Å². The maximum absolute atomic E-state index is 13.2. The van der Waals surface area contributed by atoms with E-state index in [1.54, 1.807) is 13.8 Å². The van der Waals surface area contributed by atoms with Gasteiger partial charge in [0.2, 0.25) is 0 Å². The average molecular weight is 821 g/mol. The zero-order valence-electron chi connectivity index (χ0n) is 37.6. The molecule has 7 rings (SSSR count). The van der Waals surface area contributed by atoms with Crippen molar-refractivity contribution in [1.29, 1.82) is 0 Å². The fourth-order valence-corrected chi connectivity index (χ4v) is 15.5. The van der Waals surface area contributed by atoms with E-state index in [9.17, 15) is 14.7 Å². The number of fused-ring (bicyclic) bond motifs is 7. The fourth-order valence-electron chi connectivity index (χ4n) is 15.3. The largest absolute Gasteiger partial charge is 0.481 e. The number of nitrogens with zero attached hydrogens (tertiary/aromatic N) is 2. The first-order valence-electron chi connectivity index (χ1n) is 23.2. The highest BCUT2D eigenvalue weighted by Gasteiger charge is 2.71. The predicted molar refractivity (Wildman–Crippen MR) is 236 cm³/mol. The van der Waals surface area contributed by atoms with Gasteiger partial charge in [-0.05, 0) is 167 Å². The lowest BCUT2D eigenvalue weighted by atomic mass is 9.32. The van der Waals surface area contributed by atoms with E-state index >= 15 is 0 Å². The van der Waals surface area contributed by atoms with Gasteiger partial charge in [0.1, 0.15) is 6.10 Å². The van der Waals surface area contributed by atoms with Gasteiger partial charge >= 0.3 is 11.9 Å². The number of esters is 1. The Morgan fingerprint density at radius 1 is 0.897 bits per heavy atom. The Hall–Kier alpha value is -1.93. The van der Waals surface area contributed by atoms with Crippen molar-refractivity contribution < 1.29 is 19.4 Å². The SMILES string of the molecule is C=C(C)[C@@H]1CC[C@]2(CCNCCN3CCN(Cc4cccc(Cl)c4)CC3)CC[C@]3(C)[C@H](CC[C@@H]4[C@@]5(C)CC[C@H](OC(=O)CC(C)(C)C(=O)O)C(C)(C)[C@@H]5CC[C@]43C)[C@@H]12. The van der Waals surface area contributed by atoms with Gasteiger partial charge in [0.15, 0.2) is 0 Å². The Balaban J connectivity index is 0.977. The van der Waals surface area contributed by atoms with Crippen molar-refractivity contribution in [2.45, 2.75) is 145 Å². The van der Waals surface area contributed by atoms with E-state index < -0.39 is 11.4 Å². The van der Waals surface area contributed by atoms with Crippen molar-refractivity contribution in [1.82, 2.24) is 15.1 Å². The summed E-state index contributed by atoms with van der Waals surface area (Å²) in [5.74, 6) is 1.89. The molecule has 0 spiro atoms. The molecule has 8 heteroatoms. The Morgan fingerprint density at radius 2 is 1.62 bits per heavy atom. The highest BCUT2D eigenvalue weighted by atomic mass is 35.5. The molecule has 1 saturated heterocycles. The molecule has 1 aromatic rings. The number of carbonyl (C=O) groups is 2. The van der Waals surface area contributed by atoms with Crippen LogP contribution in [0.3, 0.4) is 0 Å². The van der Waals surface area contributed by atoms with Crippen LogP contribution < -0.4 is 5.32 Å². The molecule has 0 amide bonds. The van der Waals surface area contributed by atoms with Crippen LogP contribution in [0, 0.1) is 62.1 Å². The fraction of sp³-hybridized carbons (Fsp3) is 0.800. The third-order valence-corrected chi connectivity index (χ3v) is 19.0. The van der Waals surface area contributed by atoms with Gasteiger partial charge in [0.05, 0.1) is 11.8 Å². The Morgan fingerprint density at radius 3 is 2.31 bits per heavy atom. The Labute approximate surface area is 356 Å². The minimum atomic E-state index is -1.13. The number of nitrogens with one attached hydrogen (secondary N) is 1. The molecule has 5 saturated carbocycles. The predicted octanol–water partition coefficient (Wildman–Crippen LogP) is 10.5. The lowest BCUT2D eigenvalue weighted by Gasteiger charge is -2.73. The monoisotopic (exact) mass is 820 g/mol. The topological polar surface area (TPSA) is 82.1 Å². The van der Waals surface area contributed by atoms with Gasteiger partial charge in [-0.25, -0.2) is 0 Å². The van der Waals surface area contributed by atoms with Crippen molar-refractivity contribution in [2.75, 3.05) is 45.8 Å². The molecule has 7 nitrogen and oxygen atoms in total. The minimum Gasteiger partial charge on any atom is -0.481 e. The second-order valence-corrected chi connectivity index (χ2v) is 22.9. The summed E-state index contributed by atoms with van der Waals surface area (Å²) in [6.45, 7) is 31.7. The van der Waals surface area contributed by atoms with Crippen LogP contribution in [0.25, 0.3) is 0 Å². The lowest BCUT2D eigenvalue weighted by Crippen LogP contribution is -2.66. The average Bonchev–Trinajstić information content (AvgIpc) is 3.53. The first kappa shape index (κ1) is 44.1. The summed E-state index contributed by atoms with van der Waals surface area (Å²) in [4.78, 5) is 30.1. The second-order valence-electron chi connectivity index (χ2n) is 22.5. The molecule has 1 heterocycles. The van der Waals surface area contributed by atoms with E-state index in [2.05, 4.69) is 81.4 Å². The molecule has 324 valence electrons. The lowest BCUT2D eigenvalue weighted by molar-refractivity contribution is -0.250. The van der Waals surface area contributed by atoms with Crippen LogP contribution in [0.5, 0.6) is 0 Å². The van der Waals surface area contributed by atoms with Crippen LogP contribution in [0.2, 0.25) is 5.02 Å². The quantitative estimate of drug-likeness (QED) is 0.117. The van der Waals surface area contributed by atoms with Gasteiger partial charge in [0, 0.05) is 56.3 Å². The minimum absolute atomic E-state index is 0.0917. The maximum atomic E-state index is 13.2. The van der Waals surface area contributed by atoms with Crippen molar-refractivity contribution in [3.63, 3.8) is 0 Å². The molecule has 1 aliphatic heterocycles. The second kappa shape index (κ2) is 16.4. The zero-order chi connectivity index (χ0) is 41.9. The van der Waals surface area contributed by atoms with Crippen LogP contribution in [0.1, 0.15) is 138 Å². The summed E-state index contributed by atoms with van der Waals surface area (Å²) >= 11 is 6.24. The number of benzene rings is 1. The van der Waals surface area contributed by atoms with Crippen LogP contribution in [-0.4, -0.2) is 78.8 Å². The summed E-state index contributed by atoms with van der Waals surface area (Å²) < 4.78 is 6.23. The number of piperazine rings is 1.